The molecule has 0 radical (unpaired) electrons. The van der Waals surface area contributed by atoms with Crippen molar-refractivity contribution < 1.29 is 9.13 Å². The summed E-state index contributed by atoms with van der Waals surface area (Å²) in [4.78, 5) is 3.91. The van der Waals surface area contributed by atoms with Crippen molar-refractivity contribution in [3.63, 3.8) is 0 Å². The number of halogens is 1. The third kappa shape index (κ3) is 2.26. The van der Waals surface area contributed by atoms with Gasteiger partial charge in [-0.3, -0.25) is 0 Å². The first-order valence-corrected chi connectivity index (χ1v) is 4.64. The lowest BCUT2D eigenvalue weighted by Gasteiger charge is -2.07. The summed E-state index contributed by atoms with van der Waals surface area (Å²) in [6.45, 7) is 0. The molecule has 16 heavy (non-hydrogen) atoms. The van der Waals surface area contributed by atoms with E-state index in [2.05, 4.69) is 10.4 Å². The minimum absolute atomic E-state index is 0.164. The predicted molar refractivity (Wildman–Crippen MR) is 58.5 cm³/mol. The van der Waals surface area contributed by atoms with Crippen molar-refractivity contribution in [3.8, 4) is 11.5 Å². The van der Waals surface area contributed by atoms with Crippen LogP contribution in [0.2, 0.25) is 0 Å². The van der Waals surface area contributed by atoms with E-state index in [4.69, 9.17) is 10.6 Å². The number of para-hydroxylation sites is 1. The molecular weight excluding hydrogens is 209 g/mol. The first-order valence-electron chi connectivity index (χ1n) is 4.64. The Bertz CT molecular complexity index is 490. The Morgan fingerprint density at radius 3 is 2.81 bits per heavy atom. The molecule has 1 heterocycles. The second-order valence-electron chi connectivity index (χ2n) is 3.05. The van der Waals surface area contributed by atoms with Gasteiger partial charge >= 0.3 is 0 Å². The summed E-state index contributed by atoms with van der Waals surface area (Å²) in [6.07, 6.45) is 1.52. The van der Waals surface area contributed by atoms with Crippen LogP contribution in [-0.2, 0) is 0 Å². The molecule has 1 aromatic heterocycles. The number of rotatable bonds is 3. The number of hydrogen-bond donors (Lipinski definition) is 2. The number of anilines is 1. The van der Waals surface area contributed by atoms with Crippen molar-refractivity contribution in [2.75, 3.05) is 5.43 Å². The highest BCUT2D eigenvalue weighted by Crippen LogP contribution is 2.24. The van der Waals surface area contributed by atoms with E-state index in [1.807, 2.05) is 0 Å². The Labute approximate surface area is 91.8 Å². The van der Waals surface area contributed by atoms with Crippen molar-refractivity contribution >= 4 is 5.82 Å². The maximum Gasteiger partial charge on any atom is 0.165 e. The van der Waals surface area contributed by atoms with Crippen LogP contribution in [0.4, 0.5) is 10.2 Å². The van der Waals surface area contributed by atoms with E-state index >= 15 is 0 Å². The van der Waals surface area contributed by atoms with Gasteiger partial charge in [0.25, 0.3) is 0 Å². The SMILES string of the molecule is NNc1cc(Oc2ccccc2F)ccn1. The van der Waals surface area contributed by atoms with Gasteiger partial charge in [-0.25, -0.2) is 15.2 Å². The number of hydrogen-bond acceptors (Lipinski definition) is 4. The summed E-state index contributed by atoms with van der Waals surface area (Å²) in [7, 11) is 0. The minimum atomic E-state index is -0.415. The van der Waals surface area contributed by atoms with Gasteiger partial charge < -0.3 is 10.2 Å². The van der Waals surface area contributed by atoms with Gasteiger partial charge in [-0.1, -0.05) is 12.1 Å². The van der Waals surface area contributed by atoms with Gasteiger partial charge in [0.2, 0.25) is 0 Å². The van der Waals surface area contributed by atoms with Crippen LogP contribution < -0.4 is 16.0 Å². The van der Waals surface area contributed by atoms with E-state index in [0.717, 1.165) is 0 Å². The third-order valence-corrected chi connectivity index (χ3v) is 1.94. The van der Waals surface area contributed by atoms with E-state index in [1.54, 1.807) is 30.3 Å². The molecule has 0 atom stereocenters. The molecule has 0 aliphatic heterocycles. The van der Waals surface area contributed by atoms with E-state index in [0.29, 0.717) is 11.6 Å². The molecule has 0 spiro atoms. The standard InChI is InChI=1S/C11H10FN3O/c12-9-3-1-2-4-10(9)16-8-5-6-14-11(7-8)15-13/h1-7H,13H2,(H,14,15). The van der Waals surface area contributed by atoms with Crippen LogP contribution >= 0.6 is 0 Å². The molecule has 0 fully saturated rings. The van der Waals surface area contributed by atoms with Crippen LogP contribution in [0.3, 0.4) is 0 Å². The molecule has 0 saturated heterocycles. The maximum absolute atomic E-state index is 13.3. The molecule has 2 aromatic rings. The van der Waals surface area contributed by atoms with Crippen molar-refractivity contribution in [2.24, 2.45) is 5.84 Å². The number of ether oxygens (including phenoxy) is 1. The summed E-state index contributed by atoms with van der Waals surface area (Å²) < 4.78 is 18.6. The summed E-state index contributed by atoms with van der Waals surface area (Å²) >= 11 is 0. The Kier molecular flexibility index (Phi) is 2.98. The van der Waals surface area contributed by atoms with Crippen molar-refractivity contribution in [1.82, 2.24) is 4.98 Å². The monoisotopic (exact) mass is 219 g/mol. The molecule has 4 nitrogen and oxygen atoms in total. The first-order chi connectivity index (χ1) is 7.79. The number of nitrogens with two attached hydrogens (primary N) is 1. The minimum Gasteiger partial charge on any atom is -0.454 e. The van der Waals surface area contributed by atoms with E-state index in [-0.39, 0.29) is 5.75 Å². The van der Waals surface area contributed by atoms with Gasteiger partial charge in [0.15, 0.2) is 11.6 Å². The predicted octanol–water partition coefficient (Wildman–Crippen LogP) is 2.30. The molecular formula is C11H10FN3O. The highest BCUT2D eigenvalue weighted by molar-refractivity contribution is 5.41. The van der Waals surface area contributed by atoms with Gasteiger partial charge in [-0.05, 0) is 18.2 Å². The molecule has 0 amide bonds. The smallest absolute Gasteiger partial charge is 0.165 e. The molecule has 0 aliphatic carbocycles. The lowest BCUT2D eigenvalue weighted by atomic mass is 10.3. The molecule has 3 N–H and O–H groups in total. The van der Waals surface area contributed by atoms with Crippen molar-refractivity contribution in [2.45, 2.75) is 0 Å². The zero-order valence-electron chi connectivity index (χ0n) is 8.35. The second-order valence-corrected chi connectivity index (χ2v) is 3.05. The highest BCUT2D eigenvalue weighted by atomic mass is 19.1. The van der Waals surface area contributed by atoms with Gasteiger partial charge in [-0.2, -0.15) is 0 Å². The quantitative estimate of drug-likeness (QED) is 0.614. The largest absolute Gasteiger partial charge is 0.454 e. The number of nitrogens with one attached hydrogen (secondary N) is 1. The molecule has 0 saturated carbocycles. The average molecular weight is 219 g/mol. The first kappa shape index (κ1) is 10.4. The normalized spacial score (nSPS) is 9.88. The maximum atomic E-state index is 13.3. The van der Waals surface area contributed by atoms with Gasteiger partial charge in [-0.15, -0.1) is 0 Å². The number of benzene rings is 1. The van der Waals surface area contributed by atoms with Crippen LogP contribution in [0.5, 0.6) is 11.5 Å². The molecule has 0 aliphatic rings. The summed E-state index contributed by atoms with van der Waals surface area (Å²) in [5.41, 5.74) is 2.38. The Balaban J connectivity index is 2.24. The second kappa shape index (κ2) is 4.59. The fourth-order valence-electron chi connectivity index (χ4n) is 1.21. The Hall–Kier alpha value is -2.14. The summed E-state index contributed by atoms with van der Waals surface area (Å²) in [5.74, 6) is 5.87. The molecule has 1 aromatic carbocycles. The van der Waals surface area contributed by atoms with Crippen LogP contribution in [0.15, 0.2) is 42.6 Å². The van der Waals surface area contributed by atoms with Gasteiger partial charge in [0, 0.05) is 12.3 Å². The number of nitrogen functional groups attached to an aromatic ring is 1. The van der Waals surface area contributed by atoms with Gasteiger partial charge in [0.05, 0.1) is 0 Å². The molecule has 0 bridgehead atoms. The number of pyridine rings is 1. The summed E-state index contributed by atoms with van der Waals surface area (Å²) in [6, 6.07) is 9.37. The molecule has 82 valence electrons. The van der Waals surface area contributed by atoms with Crippen LogP contribution in [0, 0.1) is 5.82 Å². The molecule has 5 heteroatoms. The Morgan fingerprint density at radius 2 is 2.06 bits per heavy atom. The zero-order valence-corrected chi connectivity index (χ0v) is 8.35. The fourth-order valence-corrected chi connectivity index (χ4v) is 1.21. The average Bonchev–Trinajstić information content (AvgIpc) is 2.32. The fraction of sp³-hybridized carbons (Fsp3) is 0. The topological polar surface area (TPSA) is 60.2 Å². The zero-order chi connectivity index (χ0) is 11.4. The summed E-state index contributed by atoms with van der Waals surface area (Å²) in [5, 5.41) is 0. The van der Waals surface area contributed by atoms with Crippen LogP contribution in [0.25, 0.3) is 0 Å². The lowest BCUT2D eigenvalue weighted by Crippen LogP contribution is -2.08. The number of aromatic nitrogens is 1. The molecule has 2 rings (SSSR count). The van der Waals surface area contributed by atoms with Crippen molar-refractivity contribution in [1.29, 1.82) is 0 Å². The Morgan fingerprint density at radius 1 is 1.25 bits per heavy atom. The lowest BCUT2D eigenvalue weighted by molar-refractivity contribution is 0.442. The van der Waals surface area contributed by atoms with Gasteiger partial charge in [0.1, 0.15) is 11.6 Å². The number of nitrogens with zero attached hydrogens (tertiary/aromatic N) is 1. The third-order valence-electron chi connectivity index (χ3n) is 1.94. The van der Waals surface area contributed by atoms with E-state index in [1.165, 1.54) is 12.3 Å². The van der Waals surface area contributed by atoms with Crippen molar-refractivity contribution in [3.05, 3.63) is 48.4 Å². The molecule has 0 unspecified atom stereocenters. The van der Waals surface area contributed by atoms with Crippen LogP contribution in [0.1, 0.15) is 0 Å². The number of hydrazine groups is 1. The van der Waals surface area contributed by atoms with E-state index < -0.39 is 5.82 Å². The van der Waals surface area contributed by atoms with Crippen LogP contribution in [-0.4, -0.2) is 4.98 Å². The highest BCUT2D eigenvalue weighted by Gasteiger charge is 2.03. The van der Waals surface area contributed by atoms with E-state index in [9.17, 15) is 4.39 Å².